The highest BCUT2D eigenvalue weighted by molar-refractivity contribution is 8.00. The van der Waals surface area contributed by atoms with Crippen molar-refractivity contribution in [3.8, 4) is 11.5 Å². The van der Waals surface area contributed by atoms with Crippen molar-refractivity contribution >= 4 is 46.4 Å². The van der Waals surface area contributed by atoms with E-state index in [4.69, 9.17) is 19.9 Å². The summed E-state index contributed by atoms with van der Waals surface area (Å²) in [4.78, 5) is 39.6. The highest BCUT2D eigenvalue weighted by atomic mass is 32.2. The highest BCUT2D eigenvalue weighted by Crippen LogP contribution is 2.37. The minimum absolute atomic E-state index is 0.0329. The molecule has 2 saturated heterocycles. The minimum atomic E-state index is -0.676. The summed E-state index contributed by atoms with van der Waals surface area (Å²) in [5, 5.41) is 0.0789. The van der Waals surface area contributed by atoms with Crippen LogP contribution in [0.15, 0.2) is 6.07 Å². The number of fused-ring (bicyclic) bond motifs is 1. The molecule has 0 spiro atoms. The number of rotatable bonds is 5. The summed E-state index contributed by atoms with van der Waals surface area (Å²) in [7, 11) is 2.76. The number of nitrogens with two attached hydrogens (primary N) is 1. The molecule has 4 rings (SSSR count). The molecule has 2 aromatic rings. The van der Waals surface area contributed by atoms with Gasteiger partial charge in [-0.25, -0.2) is 14.2 Å². The van der Waals surface area contributed by atoms with Crippen LogP contribution in [0.2, 0.25) is 0 Å². The van der Waals surface area contributed by atoms with Crippen LogP contribution in [0.4, 0.5) is 21.0 Å². The topological polar surface area (TPSA) is 123 Å². The smallest absolute Gasteiger partial charge is 0.411 e. The van der Waals surface area contributed by atoms with Crippen molar-refractivity contribution in [1.82, 2.24) is 19.8 Å². The fraction of sp³-hybridized carbons (Fsp3) is 0.583. The standard InChI is InChI=1S/C24H33FN6O5S/c1-24(2,3)36-23(33)31-10-11-37-17(31)13-16(32)29-6-8-30(9-7-29)22-27-19-14(21(26)28-22)12-15(34-4)20(35-5)18(19)25/h12,17H,6-11,13H2,1-5H3,(H2,26,27,28). The Morgan fingerprint density at radius 3 is 2.46 bits per heavy atom. The second kappa shape index (κ2) is 10.6. The zero-order valence-electron chi connectivity index (χ0n) is 21.7. The largest absolute Gasteiger partial charge is 0.493 e. The first kappa shape index (κ1) is 26.8. The van der Waals surface area contributed by atoms with E-state index in [0.717, 1.165) is 5.75 Å². The van der Waals surface area contributed by atoms with E-state index in [1.807, 2.05) is 25.7 Å². The molecule has 2 aliphatic heterocycles. The number of halogens is 1. The third-order valence-electron chi connectivity index (χ3n) is 6.18. The van der Waals surface area contributed by atoms with Gasteiger partial charge in [-0.2, -0.15) is 4.98 Å². The number of carbonyl (C=O) groups is 2. The van der Waals surface area contributed by atoms with E-state index in [0.29, 0.717) is 38.1 Å². The number of nitrogen functional groups attached to an aromatic ring is 1. The lowest BCUT2D eigenvalue weighted by Gasteiger charge is -2.36. The first-order valence-electron chi connectivity index (χ1n) is 12.0. The van der Waals surface area contributed by atoms with E-state index in [-0.39, 0.29) is 46.5 Å². The fourth-order valence-electron chi connectivity index (χ4n) is 4.33. The number of thioether (sulfide) groups is 1. The van der Waals surface area contributed by atoms with Crippen molar-refractivity contribution in [2.24, 2.45) is 0 Å². The van der Waals surface area contributed by atoms with Crippen LogP contribution in [0.3, 0.4) is 0 Å². The summed E-state index contributed by atoms with van der Waals surface area (Å²) >= 11 is 1.58. The SMILES string of the molecule is COc1cc2c(N)nc(N3CCN(C(=O)CC4SCCN4C(=O)OC(C)(C)C)CC3)nc2c(F)c1OC. The molecule has 202 valence electrons. The normalized spacial score (nSPS) is 18.3. The van der Waals surface area contributed by atoms with Crippen molar-refractivity contribution in [1.29, 1.82) is 0 Å². The molecule has 2 fully saturated rings. The van der Waals surface area contributed by atoms with Crippen molar-refractivity contribution in [2.75, 3.05) is 63.3 Å². The van der Waals surface area contributed by atoms with Gasteiger partial charge < -0.3 is 29.7 Å². The first-order valence-corrected chi connectivity index (χ1v) is 13.1. The Balaban J connectivity index is 1.42. The average molecular weight is 537 g/mol. The molecule has 0 bridgehead atoms. The van der Waals surface area contributed by atoms with Crippen LogP contribution < -0.4 is 20.1 Å². The van der Waals surface area contributed by atoms with Gasteiger partial charge in [0.2, 0.25) is 11.9 Å². The number of hydrogen-bond acceptors (Lipinski definition) is 10. The molecule has 1 unspecified atom stereocenters. The third-order valence-corrected chi connectivity index (χ3v) is 7.40. The van der Waals surface area contributed by atoms with Crippen LogP contribution in [0.5, 0.6) is 11.5 Å². The van der Waals surface area contributed by atoms with Gasteiger partial charge in [0.15, 0.2) is 17.3 Å². The Morgan fingerprint density at radius 2 is 1.84 bits per heavy atom. The van der Waals surface area contributed by atoms with Crippen molar-refractivity contribution in [3.05, 3.63) is 11.9 Å². The van der Waals surface area contributed by atoms with Crippen molar-refractivity contribution in [3.63, 3.8) is 0 Å². The van der Waals surface area contributed by atoms with Gasteiger partial charge in [-0.3, -0.25) is 9.69 Å². The van der Waals surface area contributed by atoms with Gasteiger partial charge in [0.25, 0.3) is 0 Å². The second-order valence-electron chi connectivity index (χ2n) is 9.80. The Bertz CT molecular complexity index is 1180. The molecule has 0 radical (unpaired) electrons. The van der Waals surface area contributed by atoms with E-state index in [1.54, 1.807) is 27.6 Å². The monoisotopic (exact) mass is 536 g/mol. The molecule has 0 aliphatic carbocycles. The highest BCUT2D eigenvalue weighted by Gasteiger charge is 2.35. The van der Waals surface area contributed by atoms with E-state index >= 15 is 4.39 Å². The third kappa shape index (κ3) is 5.71. The number of anilines is 2. The van der Waals surface area contributed by atoms with Crippen molar-refractivity contribution in [2.45, 2.75) is 38.2 Å². The zero-order valence-corrected chi connectivity index (χ0v) is 22.6. The molecule has 11 nitrogen and oxygen atoms in total. The molecular weight excluding hydrogens is 503 g/mol. The summed E-state index contributed by atoms with van der Waals surface area (Å²) in [5.41, 5.74) is 5.59. The molecule has 1 atom stereocenters. The summed E-state index contributed by atoms with van der Waals surface area (Å²) < 4.78 is 31.0. The van der Waals surface area contributed by atoms with Gasteiger partial charge >= 0.3 is 6.09 Å². The number of aromatic nitrogens is 2. The molecule has 0 saturated carbocycles. The van der Waals surface area contributed by atoms with Crippen LogP contribution in [0.25, 0.3) is 10.9 Å². The Hall–Kier alpha value is -3.22. The summed E-state index contributed by atoms with van der Waals surface area (Å²) in [6.45, 7) is 7.82. The number of benzene rings is 1. The Morgan fingerprint density at radius 1 is 1.14 bits per heavy atom. The number of piperazine rings is 1. The van der Waals surface area contributed by atoms with Gasteiger partial charge in [0.05, 0.1) is 26.0 Å². The van der Waals surface area contributed by atoms with Crippen molar-refractivity contribution < 1.29 is 28.2 Å². The molecule has 1 aromatic carbocycles. The lowest BCUT2D eigenvalue weighted by atomic mass is 10.2. The van der Waals surface area contributed by atoms with E-state index in [9.17, 15) is 9.59 Å². The van der Waals surface area contributed by atoms with Crippen LogP contribution in [-0.4, -0.2) is 95.4 Å². The number of nitrogens with zero attached hydrogens (tertiary/aromatic N) is 5. The summed E-state index contributed by atoms with van der Waals surface area (Å²) in [5.74, 6) is 0.607. The number of carbonyl (C=O) groups excluding carboxylic acids is 2. The maximum atomic E-state index is 15.1. The number of ether oxygens (including phenoxy) is 3. The number of amides is 2. The van der Waals surface area contributed by atoms with Gasteiger partial charge in [0.1, 0.15) is 16.9 Å². The molecule has 13 heteroatoms. The zero-order chi connectivity index (χ0) is 26.9. The Labute approximate surface area is 219 Å². The Kier molecular flexibility index (Phi) is 7.72. The molecule has 37 heavy (non-hydrogen) atoms. The fourth-order valence-corrected chi connectivity index (χ4v) is 5.54. The summed E-state index contributed by atoms with van der Waals surface area (Å²) in [6, 6.07) is 1.55. The predicted octanol–water partition coefficient (Wildman–Crippen LogP) is 2.72. The first-order chi connectivity index (χ1) is 17.5. The van der Waals surface area contributed by atoms with Crippen LogP contribution >= 0.6 is 11.8 Å². The molecule has 3 heterocycles. The molecule has 2 amide bonds. The lowest BCUT2D eigenvalue weighted by Crippen LogP contribution is -2.50. The van der Waals surface area contributed by atoms with E-state index in [1.165, 1.54) is 14.2 Å². The minimum Gasteiger partial charge on any atom is -0.493 e. The number of hydrogen-bond donors (Lipinski definition) is 1. The molecule has 1 aromatic heterocycles. The predicted molar refractivity (Wildman–Crippen MR) is 140 cm³/mol. The number of methoxy groups -OCH3 is 2. The molecular formula is C24H33FN6O5S. The van der Waals surface area contributed by atoms with E-state index in [2.05, 4.69) is 9.97 Å². The molecule has 2 N–H and O–H groups in total. The van der Waals surface area contributed by atoms with Gasteiger partial charge in [0, 0.05) is 43.9 Å². The lowest BCUT2D eigenvalue weighted by molar-refractivity contribution is -0.132. The maximum Gasteiger partial charge on any atom is 0.411 e. The van der Waals surface area contributed by atoms with Gasteiger partial charge in [-0.1, -0.05) is 0 Å². The van der Waals surface area contributed by atoms with Crippen LogP contribution in [0.1, 0.15) is 27.2 Å². The van der Waals surface area contributed by atoms with Crippen LogP contribution in [0, 0.1) is 5.82 Å². The van der Waals surface area contributed by atoms with E-state index < -0.39 is 17.5 Å². The van der Waals surface area contributed by atoms with Gasteiger partial charge in [-0.05, 0) is 26.8 Å². The summed E-state index contributed by atoms with van der Waals surface area (Å²) in [6.07, 6.45) is -0.177. The van der Waals surface area contributed by atoms with Gasteiger partial charge in [-0.15, -0.1) is 11.8 Å². The quantitative estimate of drug-likeness (QED) is 0.610. The maximum absolute atomic E-state index is 15.1. The molecule has 2 aliphatic rings. The van der Waals surface area contributed by atoms with Crippen LogP contribution in [-0.2, 0) is 9.53 Å². The second-order valence-corrected chi connectivity index (χ2v) is 11.1. The average Bonchev–Trinajstić information content (AvgIpc) is 3.31.